The van der Waals surface area contributed by atoms with Gasteiger partial charge in [0.05, 0.1) is 0 Å². The molecule has 1 saturated heterocycles. The van der Waals surface area contributed by atoms with Crippen molar-refractivity contribution in [2.75, 3.05) is 45.2 Å². The Morgan fingerprint density at radius 1 is 1.33 bits per heavy atom. The second-order valence-electron chi connectivity index (χ2n) is 5.82. The topological polar surface area (TPSA) is 31.4 Å². The van der Waals surface area contributed by atoms with Gasteiger partial charge in [-0.2, -0.15) is 0 Å². The molecule has 1 aliphatic heterocycles. The van der Waals surface area contributed by atoms with Crippen molar-refractivity contribution in [3.05, 3.63) is 23.9 Å². The zero-order valence-corrected chi connectivity index (χ0v) is 14.3. The van der Waals surface area contributed by atoms with Crippen LogP contribution in [-0.4, -0.2) is 50.2 Å². The Bertz CT molecular complexity index is 388. The molecule has 2 heterocycles. The molecule has 4 nitrogen and oxygen atoms in total. The van der Waals surface area contributed by atoms with E-state index in [0.717, 1.165) is 31.4 Å². The molecule has 0 spiro atoms. The first-order chi connectivity index (χ1) is 9.72. The summed E-state index contributed by atoms with van der Waals surface area (Å²) in [6, 6.07) is 4.35. The van der Waals surface area contributed by atoms with Crippen molar-refractivity contribution in [2.45, 2.75) is 26.3 Å². The summed E-state index contributed by atoms with van der Waals surface area (Å²) in [6.07, 6.45) is 4.65. The molecule has 1 aliphatic rings. The van der Waals surface area contributed by atoms with E-state index in [1.165, 1.54) is 31.5 Å². The molecule has 0 unspecified atom stereocenters. The molecule has 0 amide bonds. The second kappa shape index (κ2) is 9.23. The van der Waals surface area contributed by atoms with Crippen LogP contribution in [-0.2, 0) is 6.54 Å². The predicted octanol–water partition coefficient (Wildman–Crippen LogP) is 2.39. The summed E-state index contributed by atoms with van der Waals surface area (Å²) in [5, 5.41) is 3.29. The predicted molar refractivity (Wildman–Crippen MR) is 92.4 cm³/mol. The van der Waals surface area contributed by atoms with Crippen LogP contribution in [0.15, 0.2) is 18.3 Å². The van der Waals surface area contributed by atoms with Gasteiger partial charge in [-0.25, -0.2) is 4.98 Å². The quantitative estimate of drug-likeness (QED) is 0.874. The summed E-state index contributed by atoms with van der Waals surface area (Å²) in [5.41, 5.74) is 1.32. The van der Waals surface area contributed by atoms with Crippen LogP contribution in [0.2, 0.25) is 0 Å². The molecule has 21 heavy (non-hydrogen) atoms. The van der Waals surface area contributed by atoms with E-state index in [2.05, 4.69) is 46.2 Å². The molecule has 1 N–H and O–H groups in total. The van der Waals surface area contributed by atoms with Gasteiger partial charge < -0.3 is 10.2 Å². The van der Waals surface area contributed by atoms with E-state index >= 15 is 0 Å². The summed E-state index contributed by atoms with van der Waals surface area (Å²) in [7, 11) is 4.13. The van der Waals surface area contributed by atoms with Gasteiger partial charge in [0, 0.05) is 26.3 Å². The molecule has 1 fully saturated rings. The number of anilines is 1. The monoisotopic (exact) mass is 312 g/mol. The molecule has 0 radical (unpaired) electrons. The third kappa shape index (κ3) is 5.46. The first-order valence-corrected chi connectivity index (χ1v) is 7.76. The van der Waals surface area contributed by atoms with E-state index < -0.39 is 0 Å². The average Bonchev–Trinajstić information content (AvgIpc) is 2.49. The van der Waals surface area contributed by atoms with Gasteiger partial charge in [-0.3, -0.25) is 4.90 Å². The fourth-order valence-electron chi connectivity index (χ4n) is 2.79. The minimum Gasteiger partial charge on any atom is -0.360 e. The summed E-state index contributed by atoms with van der Waals surface area (Å²) in [5.74, 6) is 1.92. The van der Waals surface area contributed by atoms with Crippen molar-refractivity contribution in [1.29, 1.82) is 0 Å². The van der Waals surface area contributed by atoms with Gasteiger partial charge in [0.25, 0.3) is 0 Å². The first kappa shape index (κ1) is 18.2. The number of nitrogens with zero attached hydrogens (tertiary/aromatic N) is 3. The zero-order valence-electron chi connectivity index (χ0n) is 13.5. The molecule has 2 rings (SSSR count). The summed E-state index contributed by atoms with van der Waals surface area (Å²) < 4.78 is 0. The minimum atomic E-state index is 0. The highest BCUT2D eigenvalue weighted by atomic mass is 35.5. The number of pyridine rings is 1. The normalized spacial score (nSPS) is 16.5. The second-order valence-corrected chi connectivity index (χ2v) is 5.82. The van der Waals surface area contributed by atoms with E-state index in [-0.39, 0.29) is 12.4 Å². The number of piperidine rings is 1. The standard InChI is InChI=1S/C16H28N4.ClH/c1-4-19(3)16-6-5-15(12-18-16)13-20-9-7-14(8-10-20)11-17-2;/h5-6,12,14,17H,4,7-11,13H2,1-3H3;1H. The number of hydrogen-bond acceptors (Lipinski definition) is 4. The van der Waals surface area contributed by atoms with Gasteiger partial charge in [0.15, 0.2) is 0 Å². The van der Waals surface area contributed by atoms with Crippen molar-refractivity contribution in [3.8, 4) is 0 Å². The van der Waals surface area contributed by atoms with E-state index in [4.69, 9.17) is 0 Å². The van der Waals surface area contributed by atoms with E-state index in [1.807, 2.05) is 13.2 Å². The number of halogens is 1. The van der Waals surface area contributed by atoms with Crippen LogP contribution in [0.4, 0.5) is 5.82 Å². The molecule has 0 bridgehead atoms. The molecule has 5 heteroatoms. The Balaban J connectivity index is 0.00000220. The average molecular weight is 313 g/mol. The number of nitrogens with one attached hydrogen (secondary N) is 1. The highest BCUT2D eigenvalue weighted by Gasteiger charge is 2.18. The Hall–Kier alpha value is -0.840. The Labute approximate surface area is 135 Å². The van der Waals surface area contributed by atoms with Gasteiger partial charge in [-0.15, -0.1) is 12.4 Å². The molecule has 0 aromatic carbocycles. The van der Waals surface area contributed by atoms with E-state index in [9.17, 15) is 0 Å². The fourth-order valence-corrected chi connectivity index (χ4v) is 2.79. The van der Waals surface area contributed by atoms with Crippen molar-refractivity contribution in [2.24, 2.45) is 5.92 Å². The van der Waals surface area contributed by atoms with Crippen molar-refractivity contribution >= 4 is 18.2 Å². The van der Waals surface area contributed by atoms with E-state index in [1.54, 1.807) is 0 Å². The van der Waals surface area contributed by atoms with Crippen LogP contribution in [0.5, 0.6) is 0 Å². The molecule has 0 aliphatic carbocycles. The number of likely N-dealkylation sites (tertiary alicyclic amines) is 1. The maximum absolute atomic E-state index is 4.55. The molecule has 1 aromatic heterocycles. The van der Waals surface area contributed by atoms with Crippen LogP contribution in [0.3, 0.4) is 0 Å². The van der Waals surface area contributed by atoms with Gasteiger partial charge in [0.1, 0.15) is 5.82 Å². The van der Waals surface area contributed by atoms with Crippen molar-refractivity contribution < 1.29 is 0 Å². The highest BCUT2D eigenvalue weighted by molar-refractivity contribution is 5.85. The molecule has 120 valence electrons. The molecule has 0 saturated carbocycles. The van der Waals surface area contributed by atoms with Crippen LogP contribution < -0.4 is 10.2 Å². The van der Waals surface area contributed by atoms with Crippen LogP contribution in [0, 0.1) is 5.92 Å². The maximum atomic E-state index is 4.55. The lowest BCUT2D eigenvalue weighted by molar-refractivity contribution is 0.176. The summed E-state index contributed by atoms with van der Waals surface area (Å²) >= 11 is 0. The fraction of sp³-hybridized carbons (Fsp3) is 0.688. The molecule has 0 atom stereocenters. The van der Waals surface area contributed by atoms with Gasteiger partial charge in [0.2, 0.25) is 0 Å². The van der Waals surface area contributed by atoms with Crippen molar-refractivity contribution in [3.63, 3.8) is 0 Å². The lowest BCUT2D eigenvalue weighted by Gasteiger charge is -2.31. The number of rotatable bonds is 6. The first-order valence-electron chi connectivity index (χ1n) is 7.76. The lowest BCUT2D eigenvalue weighted by Crippen LogP contribution is -2.36. The number of hydrogen-bond donors (Lipinski definition) is 1. The Morgan fingerprint density at radius 2 is 2.05 bits per heavy atom. The Kier molecular flexibility index (Phi) is 8.01. The highest BCUT2D eigenvalue weighted by Crippen LogP contribution is 2.18. The van der Waals surface area contributed by atoms with Crippen LogP contribution in [0.25, 0.3) is 0 Å². The van der Waals surface area contributed by atoms with Gasteiger partial charge in [-0.1, -0.05) is 6.07 Å². The third-order valence-corrected chi connectivity index (χ3v) is 4.28. The Morgan fingerprint density at radius 3 is 2.57 bits per heavy atom. The zero-order chi connectivity index (χ0) is 14.4. The minimum absolute atomic E-state index is 0. The molecular weight excluding hydrogens is 284 g/mol. The molecule has 1 aromatic rings. The summed E-state index contributed by atoms with van der Waals surface area (Å²) in [4.78, 5) is 9.26. The SMILES string of the molecule is CCN(C)c1ccc(CN2CCC(CNC)CC2)cn1.Cl. The van der Waals surface area contributed by atoms with Gasteiger partial charge >= 0.3 is 0 Å². The van der Waals surface area contributed by atoms with Crippen LogP contribution >= 0.6 is 12.4 Å². The summed E-state index contributed by atoms with van der Waals surface area (Å²) in [6.45, 7) is 7.75. The largest absolute Gasteiger partial charge is 0.360 e. The number of aromatic nitrogens is 1. The molecular formula is C16H29ClN4. The smallest absolute Gasteiger partial charge is 0.128 e. The van der Waals surface area contributed by atoms with E-state index in [0.29, 0.717) is 0 Å². The third-order valence-electron chi connectivity index (χ3n) is 4.28. The van der Waals surface area contributed by atoms with Gasteiger partial charge in [-0.05, 0) is 64.0 Å². The van der Waals surface area contributed by atoms with Crippen molar-refractivity contribution in [1.82, 2.24) is 15.2 Å². The van der Waals surface area contributed by atoms with Crippen LogP contribution in [0.1, 0.15) is 25.3 Å². The maximum Gasteiger partial charge on any atom is 0.128 e. The lowest BCUT2D eigenvalue weighted by atomic mass is 9.96.